The average molecular weight is 184 g/mol. The van der Waals surface area contributed by atoms with Crippen molar-refractivity contribution in [3.8, 4) is 0 Å². The molecule has 0 aromatic carbocycles. The summed E-state index contributed by atoms with van der Waals surface area (Å²) in [4.78, 5) is 13.7. The highest BCUT2D eigenvalue weighted by Crippen LogP contribution is 2.24. The molecule has 0 saturated carbocycles. The lowest BCUT2D eigenvalue weighted by Gasteiger charge is -2.29. The van der Waals surface area contributed by atoms with Gasteiger partial charge in [-0.05, 0) is 6.42 Å². The van der Waals surface area contributed by atoms with Gasteiger partial charge >= 0.3 is 5.97 Å². The molecule has 2 rings (SSSR count). The van der Waals surface area contributed by atoms with Crippen molar-refractivity contribution in [2.24, 2.45) is 5.92 Å². The van der Waals surface area contributed by atoms with E-state index in [9.17, 15) is 4.79 Å². The Hall–Kier alpha value is -0.610. The molecule has 1 N–H and O–H groups in total. The second-order valence-electron chi connectivity index (χ2n) is 3.81. The smallest absolute Gasteiger partial charge is 0.310 e. The van der Waals surface area contributed by atoms with Crippen molar-refractivity contribution in [1.29, 1.82) is 0 Å². The van der Waals surface area contributed by atoms with Gasteiger partial charge in [-0.3, -0.25) is 9.69 Å². The maximum atomic E-state index is 11.3. The highest BCUT2D eigenvalue weighted by atomic mass is 16.5. The number of piperazine rings is 1. The molecule has 74 valence electrons. The van der Waals surface area contributed by atoms with Crippen LogP contribution in [0.1, 0.15) is 6.42 Å². The summed E-state index contributed by atoms with van der Waals surface area (Å²) in [5, 5.41) is 3.34. The van der Waals surface area contributed by atoms with Gasteiger partial charge in [0, 0.05) is 32.2 Å². The molecule has 2 saturated heterocycles. The van der Waals surface area contributed by atoms with Gasteiger partial charge in [0.2, 0.25) is 0 Å². The van der Waals surface area contributed by atoms with Gasteiger partial charge in [-0.15, -0.1) is 0 Å². The molecule has 4 heteroatoms. The second kappa shape index (κ2) is 3.64. The molecule has 2 atom stereocenters. The number of carbonyl (C=O) groups excluding carboxylic acids is 1. The first-order valence-electron chi connectivity index (χ1n) is 4.84. The third-order valence-corrected chi connectivity index (χ3v) is 3.02. The number of fused-ring (bicyclic) bond motifs is 1. The van der Waals surface area contributed by atoms with Crippen molar-refractivity contribution in [3.05, 3.63) is 0 Å². The van der Waals surface area contributed by atoms with E-state index in [0.717, 1.165) is 32.6 Å². The summed E-state index contributed by atoms with van der Waals surface area (Å²) >= 11 is 0. The molecule has 0 aromatic rings. The van der Waals surface area contributed by atoms with E-state index >= 15 is 0 Å². The Bertz CT molecular complexity index is 194. The summed E-state index contributed by atoms with van der Waals surface area (Å²) in [6, 6.07) is 0.554. The first-order valence-corrected chi connectivity index (χ1v) is 4.84. The van der Waals surface area contributed by atoms with Crippen molar-refractivity contribution in [2.75, 3.05) is 33.3 Å². The van der Waals surface area contributed by atoms with Crippen LogP contribution >= 0.6 is 0 Å². The van der Waals surface area contributed by atoms with Gasteiger partial charge in [0.1, 0.15) is 0 Å². The number of ether oxygens (including phenoxy) is 1. The van der Waals surface area contributed by atoms with Crippen LogP contribution in [0.4, 0.5) is 0 Å². The Morgan fingerprint density at radius 1 is 1.62 bits per heavy atom. The van der Waals surface area contributed by atoms with Crippen LogP contribution in [0.2, 0.25) is 0 Å². The fraction of sp³-hybridized carbons (Fsp3) is 0.889. The SMILES string of the molecule is COC(=O)[C@@H]1C[C@@H]2CNCCN2C1. The van der Waals surface area contributed by atoms with Crippen LogP contribution in [-0.2, 0) is 9.53 Å². The highest BCUT2D eigenvalue weighted by molar-refractivity contribution is 5.73. The number of rotatable bonds is 1. The van der Waals surface area contributed by atoms with Gasteiger partial charge in [-0.1, -0.05) is 0 Å². The van der Waals surface area contributed by atoms with Gasteiger partial charge in [0.15, 0.2) is 0 Å². The van der Waals surface area contributed by atoms with Crippen LogP contribution in [0.15, 0.2) is 0 Å². The molecule has 2 heterocycles. The van der Waals surface area contributed by atoms with E-state index in [4.69, 9.17) is 4.74 Å². The van der Waals surface area contributed by atoms with Crippen molar-refractivity contribution in [3.63, 3.8) is 0 Å². The predicted octanol–water partition coefficient (Wildman–Crippen LogP) is -0.547. The molecule has 0 spiro atoms. The van der Waals surface area contributed by atoms with Crippen molar-refractivity contribution in [2.45, 2.75) is 12.5 Å². The molecule has 2 aliphatic heterocycles. The zero-order valence-electron chi connectivity index (χ0n) is 7.95. The average Bonchev–Trinajstić information content (AvgIpc) is 2.59. The summed E-state index contributed by atoms with van der Waals surface area (Å²) in [5.74, 6) is 0.0595. The van der Waals surface area contributed by atoms with E-state index in [-0.39, 0.29) is 11.9 Å². The molecular formula is C9H16N2O2. The predicted molar refractivity (Wildman–Crippen MR) is 48.4 cm³/mol. The number of esters is 1. The van der Waals surface area contributed by atoms with Crippen LogP contribution < -0.4 is 5.32 Å². The lowest BCUT2D eigenvalue weighted by molar-refractivity contribution is -0.144. The Balaban J connectivity index is 1.94. The molecule has 0 amide bonds. The monoisotopic (exact) mass is 184 g/mol. The lowest BCUT2D eigenvalue weighted by Crippen LogP contribution is -2.47. The number of nitrogens with one attached hydrogen (secondary N) is 1. The molecule has 0 aliphatic carbocycles. The molecule has 2 aliphatic rings. The Morgan fingerprint density at radius 2 is 2.46 bits per heavy atom. The Kier molecular flexibility index (Phi) is 2.51. The van der Waals surface area contributed by atoms with E-state index in [1.54, 1.807) is 0 Å². The van der Waals surface area contributed by atoms with E-state index in [2.05, 4.69) is 10.2 Å². The molecule has 4 nitrogen and oxygen atoms in total. The zero-order chi connectivity index (χ0) is 9.26. The fourth-order valence-corrected chi connectivity index (χ4v) is 2.30. The van der Waals surface area contributed by atoms with Crippen LogP contribution in [0.5, 0.6) is 0 Å². The number of nitrogens with zero attached hydrogens (tertiary/aromatic N) is 1. The van der Waals surface area contributed by atoms with Gasteiger partial charge in [0.05, 0.1) is 13.0 Å². The molecule has 0 bridgehead atoms. The fourth-order valence-electron chi connectivity index (χ4n) is 2.30. The van der Waals surface area contributed by atoms with Crippen LogP contribution in [0.25, 0.3) is 0 Å². The minimum atomic E-state index is -0.0469. The molecular weight excluding hydrogens is 168 g/mol. The van der Waals surface area contributed by atoms with Crippen LogP contribution in [-0.4, -0.2) is 50.2 Å². The standard InChI is InChI=1S/C9H16N2O2/c1-13-9(12)7-4-8-5-10-2-3-11(8)6-7/h7-8,10H,2-6H2,1H3/t7-,8-/m1/s1. The maximum absolute atomic E-state index is 11.3. The third kappa shape index (κ3) is 1.69. The molecule has 0 unspecified atom stereocenters. The lowest BCUT2D eigenvalue weighted by atomic mass is 10.1. The minimum absolute atomic E-state index is 0.0469. The van der Waals surface area contributed by atoms with E-state index in [1.807, 2.05) is 0 Å². The van der Waals surface area contributed by atoms with Crippen molar-refractivity contribution in [1.82, 2.24) is 10.2 Å². The topological polar surface area (TPSA) is 41.6 Å². The van der Waals surface area contributed by atoms with E-state index in [1.165, 1.54) is 7.11 Å². The first kappa shape index (κ1) is 8.97. The summed E-state index contributed by atoms with van der Waals surface area (Å²) in [5.41, 5.74) is 0. The molecule has 2 fully saturated rings. The summed E-state index contributed by atoms with van der Waals surface area (Å²) in [6.07, 6.45) is 0.958. The van der Waals surface area contributed by atoms with Crippen molar-refractivity contribution < 1.29 is 9.53 Å². The van der Waals surface area contributed by atoms with Gasteiger partial charge in [0.25, 0.3) is 0 Å². The summed E-state index contributed by atoms with van der Waals surface area (Å²) < 4.78 is 4.75. The number of methoxy groups -OCH3 is 1. The van der Waals surface area contributed by atoms with Crippen LogP contribution in [0.3, 0.4) is 0 Å². The number of hydrogen-bond acceptors (Lipinski definition) is 4. The number of carbonyl (C=O) groups is 1. The highest BCUT2D eigenvalue weighted by Gasteiger charge is 2.37. The Morgan fingerprint density at radius 3 is 3.15 bits per heavy atom. The summed E-state index contributed by atoms with van der Waals surface area (Å²) in [6.45, 7) is 4.02. The molecule has 13 heavy (non-hydrogen) atoms. The number of hydrogen-bond donors (Lipinski definition) is 1. The zero-order valence-corrected chi connectivity index (χ0v) is 7.95. The quantitative estimate of drug-likeness (QED) is 0.555. The van der Waals surface area contributed by atoms with Crippen molar-refractivity contribution >= 4 is 5.97 Å². The van der Waals surface area contributed by atoms with Gasteiger partial charge in [-0.2, -0.15) is 0 Å². The van der Waals surface area contributed by atoms with E-state index in [0.29, 0.717) is 6.04 Å². The second-order valence-corrected chi connectivity index (χ2v) is 3.81. The first-order chi connectivity index (χ1) is 6.31. The summed E-state index contributed by atoms with van der Waals surface area (Å²) in [7, 11) is 1.47. The molecule has 0 aromatic heterocycles. The largest absolute Gasteiger partial charge is 0.469 e. The van der Waals surface area contributed by atoms with Crippen LogP contribution in [0, 0.1) is 5.92 Å². The molecule has 0 radical (unpaired) electrons. The van der Waals surface area contributed by atoms with Gasteiger partial charge in [-0.25, -0.2) is 0 Å². The normalized spacial score (nSPS) is 34.2. The minimum Gasteiger partial charge on any atom is -0.469 e. The third-order valence-electron chi connectivity index (χ3n) is 3.02. The van der Waals surface area contributed by atoms with E-state index < -0.39 is 0 Å². The van der Waals surface area contributed by atoms with Gasteiger partial charge < -0.3 is 10.1 Å². The Labute approximate surface area is 78.2 Å². The maximum Gasteiger partial charge on any atom is 0.310 e.